The Balaban J connectivity index is 1.61. The van der Waals surface area contributed by atoms with Crippen LogP contribution in [-0.2, 0) is 11.3 Å². The third-order valence-electron chi connectivity index (χ3n) is 3.99. The maximum Gasteiger partial charge on any atom is 0.317 e. The number of hydrogen-bond acceptors (Lipinski definition) is 3. The van der Waals surface area contributed by atoms with Crippen LogP contribution in [0.25, 0.3) is 5.65 Å². The molecule has 2 N–H and O–H groups in total. The summed E-state index contributed by atoms with van der Waals surface area (Å²) < 4.78 is 1.97. The number of carbonyl (C=O) groups excluding carboxylic acids is 1. The number of nitrogens with one attached hydrogen (secondary N) is 1. The number of aryl methyl sites for hydroxylation is 1. The molecule has 2 aromatic rings. The number of fused-ring (bicyclic) bond motifs is 1. The van der Waals surface area contributed by atoms with Crippen LogP contribution >= 0.6 is 0 Å². The first-order chi connectivity index (χ1) is 10.5. The van der Waals surface area contributed by atoms with Gasteiger partial charge in [0.25, 0.3) is 0 Å². The SMILES string of the molecule is Cc1cccc2nc(CNC(=O)N3CCC(C(=O)O)C3)cn12. The Morgan fingerprint density at radius 2 is 2.27 bits per heavy atom. The maximum absolute atomic E-state index is 12.1. The van der Waals surface area contributed by atoms with Gasteiger partial charge in [-0.2, -0.15) is 0 Å². The Hall–Kier alpha value is -2.57. The van der Waals surface area contributed by atoms with Crippen LogP contribution in [0.3, 0.4) is 0 Å². The number of aromatic nitrogens is 2. The highest BCUT2D eigenvalue weighted by Crippen LogP contribution is 2.16. The van der Waals surface area contributed by atoms with Crippen molar-refractivity contribution in [2.45, 2.75) is 19.9 Å². The van der Waals surface area contributed by atoms with E-state index in [0.29, 0.717) is 19.5 Å². The molecule has 1 fully saturated rings. The van der Waals surface area contributed by atoms with Gasteiger partial charge >= 0.3 is 12.0 Å². The molecule has 2 aromatic heterocycles. The minimum atomic E-state index is -0.842. The molecule has 7 nitrogen and oxygen atoms in total. The number of aliphatic carboxylic acids is 1. The first kappa shape index (κ1) is 14.4. The highest BCUT2D eigenvalue weighted by atomic mass is 16.4. The molecule has 7 heteroatoms. The van der Waals surface area contributed by atoms with Crippen LogP contribution in [-0.4, -0.2) is 44.5 Å². The second-order valence-electron chi connectivity index (χ2n) is 5.56. The molecule has 0 radical (unpaired) electrons. The van der Waals surface area contributed by atoms with Gasteiger partial charge in [0.05, 0.1) is 18.2 Å². The van der Waals surface area contributed by atoms with Crippen molar-refractivity contribution in [1.29, 1.82) is 0 Å². The molecule has 0 saturated carbocycles. The van der Waals surface area contributed by atoms with Crippen LogP contribution < -0.4 is 5.32 Å². The zero-order chi connectivity index (χ0) is 15.7. The maximum atomic E-state index is 12.1. The molecule has 3 rings (SSSR count). The van der Waals surface area contributed by atoms with Gasteiger partial charge in [-0.3, -0.25) is 4.79 Å². The number of amides is 2. The molecule has 0 spiro atoms. The van der Waals surface area contributed by atoms with Crippen LogP contribution in [0.15, 0.2) is 24.4 Å². The zero-order valence-electron chi connectivity index (χ0n) is 12.3. The molecule has 0 bridgehead atoms. The largest absolute Gasteiger partial charge is 0.481 e. The van der Waals surface area contributed by atoms with E-state index in [9.17, 15) is 9.59 Å². The number of nitrogens with zero attached hydrogens (tertiary/aromatic N) is 3. The smallest absolute Gasteiger partial charge is 0.317 e. The Morgan fingerprint density at radius 3 is 2.95 bits per heavy atom. The molecule has 1 unspecified atom stereocenters. The average Bonchev–Trinajstić information content (AvgIpc) is 3.12. The van der Waals surface area contributed by atoms with Crippen molar-refractivity contribution in [3.63, 3.8) is 0 Å². The van der Waals surface area contributed by atoms with E-state index in [1.165, 1.54) is 0 Å². The van der Waals surface area contributed by atoms with Crippen LogP contribution in [0.1, 0.15) is 17.8 Å². The number of carboxylic acids is 1. The Labute approximate surface area is 127 Å². The Kier molecular flexibility index (Phi) is 3.70. The highest BCUT2D eigenvalue weighted by Gasteiger charge is 2.30. The minimum Gasteiger partial charge on any atom is -0.481 e. The number of hydrogen-bond donors (Lipinski definition) is 2. The predicted molar refractivity (Wildman–Crippen MR) is 79.5 cm³/mol. The van der Waals surface area contributed by atoms with Crippen LogP contribution in [0.2, 0.25) is 0 Å². The van der Waals surface area contributed by atoms with E-state index < -0.39 is 11.9 Å². The summed E-state index contributed by atoms with van der Waals surface area (Å²) in [6, 6.07) is 5.61. The van der Waals surface area contributed by atoms with E-state index in [0.717, 1.165) is 17.0 Å². The number of carboxylic acid groups (broad SMARTS) is 1. The van der Waals surface area contributed by atoms with E-state index in [2.05, 4.69) is 10.3 Å². The fourth-order valence-electron chi connectivity index (χ4n) is 2.71. The van der Waals surface area contributed by atoms with Gasteiger partial charge in [0.2, 0.25) is 0 Å². The summed E-state index contributed by atoms with van der Waals surface area (Å²) in [5.41, 5.74) is 2.69. The molecule has 1 atom stereocenters. The van der Waals surface area contributed by atoms with Gasteiger partial charge in [-0.15, -0.1) is 0 Å². The van der Waals surface area contributed by atoms with Gasteiger partial charge in [0.15, 0.2) is 0 Å². The molecule has 1 aliphatic rings. The number of imidazole rings is 1. The van der Waals surface area contributed by atoms with Gasteiger partial charge in [-0.25, -0.2) is 9.78 Å². The average molecular weight is 302 g/mol. The van der Waals surface area contributed by atoms with Crippen molar-refractivity contribution < 1.29 is 14.7 Å². The van der Waals surface area contributed by atoms with Gasteiger partial charge in [-0.1, -0.05) is 6.07 Å². The molecule has 0 aromatic carbocycles. The number of carbonyl (C=O) groups is 2. The molecule has 116 valence electrons. The topological polar surface area (TPSA) is 86.9 Å². The lowest BCUT2D eigenvalue weighted by Crippen LogP contribution is -2.38. The Morgan fingerprint density at radius 1 is 1.45 bits per heavy atom. The van der Waals surface area contributed by atoms with E-state index >= 15 is 0 Å². The molecule has 0 aliphatic carbocycles. The quantitative estimate of drug-likeness (QED) is 0.893. The summed E-state index contributed by atoms with van der Waals surface area (Å²) in [6.45, 7) is 3.07. The summed E-state index contributed by atoms with van der Waals surface area (Å²) in [6.07, 6.45) is 2.41. The normalized spacial score (nSPS) is 17.9. The van der Waals surface area contributed by atoms with Crippen molar-refractivity contribution in [1.82, 2.24) is 19.6 Å². The fraction of sp³-hybridized carbons (Fsp3) is 0.400. The van der Waals surface area contributed by atoms with Gasteiger partial charge in [-0.05, 0) is 25.5 Å². The third-order valence-corrected chi connectivity index (χ3v) is 3.99. The van der Waals surface area contributed by atoms with Gasteiger partial charge in [0.1, 0.15) is 5.65 Å². The van der Waals surface area contributed by atoms with Crippen LogP contribution in [0.5, 0.6) is 0 Å². The molecule has 22 heavy (non-hydrogen) atoms. The lowest BCUT2D eigenvalue weighted by Gasteiger charge is -2.16. The second-order valence-corrected chi connectivity index (χ2v) is 5.56. The van der Waals surface area contributed by atoms with E-state index in [1.807, 2.05) is 35.7 Å². The summed E-state index contributed by atoms with van der Waals surface area (Å²) in [7, 11) is 0. The van der Waals surface area contributed by atoms with Crippen LogP contribution in [0.4, 0.5) is 4.79 Å². The third kappa shape index (κ3) is 2.74. The monoisotopic (exact) mass is 302 g/mol. The van der Waals surface area contributed by atoms with E-state index in [-0.39, 0.29) is 12.6 Å². The number of likely N-dealkylation sites (tertiary alicyclic amines) is 1. The fourth-order valence-corrected chi connectivity index (χ4v) is 2.71. The number of pyridine rings is 1. The molecule has 3 heterocycles. The van der Waals surface area contributed by atoms with Crippen molar-refractivity contribution in [2.75, 3.05) is 13.1 Å². The van der Waals surface area contributed by atoms with E-state index in [4.69, 9.17) is 5.11 Å². The first-order valence-electron chi connectivity index (χ1n) is 7.24. The second kappa shape index (κ2) is 5.67. The Bertz CT molecular complexity index is 725. The molecular formula is C15H18N4O3. The van der Waals surface area contributed by atoms with Crippen molar-refractivity contribution in [3.05, 3.63) is 35.8 Å². The first-order valence-corrected chi connectivity index (χ1v) is 7.24. The molecule has 1 aliphatic heterocycles. The summed E-state index contributed by atoms with van der Waals surface area (Å²) >= 11 is 0. The van der Waals surface area contributed by atoms with Crippen LogP contribution in [0, 0.1) is 12.8 Å². The predicted octanol–water partition coefficient (Wildman–Crippen LogP) is 1.26. The molecular weight excluding hydrogens is 284 g/mol. The highest BCUT2D eigenvalue weighted by molar-refractivity contribution is 5.77. The summed E-state index contributed by atoms with van der Waals surface area (Å²) in [4.78, 5) is 29.0. The van der Waals surface area contributed by atoms with Crippen molar-refractivity contribution in [3.8, 4) is 0 Å². The number of urea groups is 1. The lowest BCUT2D eigenvalue weighted by molar-refractivity contribution is -0.141. The number of rotatable bonds is 3. The lowest BCUT2D eigenvalue weighted by atomic mass is 10.1. The minimum absolute atomic E-state index is 0.238. The standard InChI is InChI=1S/C15H18N4O3/c1-10-3-2-4-13-17-12(9-19(10)13)7-16-15(22)18-6-5-11(8-18)14(20)21/h2-4,9,11H,5-8H2,1H3,(H,16,22)(H,20,21). The summed E-state index contributed by atoms with van der Waals surface area (Å²) in [5.74, 6) is -1.30. The summed E-state index contributed by atoms with van der Waals surface area (Å²) in [5, 5.41) is 11.8. The van der Waals surface area contributed by atoms with Gasteiger partial charge < -0.3 is 19.7 Å². The molecule has 1 saturated heterocycles. The zero-order valence-corrected chi connectivity index (χ0v) is 12.3. The van der Waals surface area contributed by atoms with E-state index in [1.54, 1.807) is 4.90 Å². The molecule has 2 amide bonds. The van der Waals surface area contributed by atoms with Crippen molar-refractivity contribution in [2.24, 2.45) is 5.92 Å². The van der Waals surface area contributed by atoms with Gasteiger partial charge in [0, 0.05) is 25.0 Å². The van der Waals surface area contributed by atoms with Crippen molar-refractivity contribution >= 4 is 17.6 Å².